The minimum Gasteiger partial charge on any atom is -0.493 e. The van der Waals surface area contributed by atoms with Crippen LogP contribution in [-0.2, 0) is 0 Å². The molecule has 27 heavy (non-hydrogen) atoms. The van der Waals surface area contributed by atoms with Gasteiger partial charge in [-0.1, -0.05) is 0 Å². The lowest BCUT2D eigenvalue weighted by Gasteiger charge is -2.13. The number of nitrogens with one attached hydrogen (secondary N) is 2. The number of ether oxygens (including phenoxy) is 3. The van der Waals surface area contributed by atoms with E-state index in [1.807, 2.05) is 0 Å². The molecule has 1 aromatic heterocycles. The topological polar surface area (TPSA) is 122 Å². The third-order valence-electron chi connectivity index (χ3n) is 3.84. The number of methoxy groups -OCH3 is 3. The van der Waals surface area contributed by atoms with Crippen LogP contribution in [0.2, 0.25) is 0 Å². The molecular weight excluding hydrogens is 348 g/mol. The van der Waals surface area contributed by atoms with E-state index in [0.717, 1.165) is 5.69 Å². The Morgan fingerprint density at radius 2 is 1.70 bits per heavy atom. The predicted molar refractivity (Wildman–Crippen MR) is 98.6 cm³/mol. The molecule has 3 rings (SSSR count). The summed E-state index contributed by atoms with van der Waals surface area (Å²) in [5, 5.41) is 15.1. The fraction of sp³-hybridized carbons (Fsp3) is 0.167. The molecule has 9 heteroatoms. The summed E-state index contributed by atoms with van der Waals surface area (Å²) < 4.78 is 17.7. The van der Waals surface area contributed by atoms with Crippen LogP contribution in [0.4, 0.5) is 17.6 Å². The first-order chi connectivity index (χ1) is 13.1. The molecule has 0 radical (unpaired) electrons. The quantitative estimate of drug-likeness (QED) is 0.569. The molecule has 4 N–H and O–H groups in total. The Bertz CT molecular complexity index is 966. The Kier molecular flexibility index (Phi) is 4.99. The number of nitrogens with zero attached hydrogens (tertiary/aromatic N) is 3. The highest BCUT2D eigenvalue weighted by molar-refractivity contribution is 5.65. The van der Waals surface area contributed by atoms with Gasteiger partial charge in [0.15, 0.2) is 11.5 Å². The molecule has 0 unspecified atom stereocenters. The molecule has 0 atom stereocenters. The number of nitrogen functional groups attached to an aromatic ring is 1. The molecule has 0 saturated carbocycles. The molecule has 0 saturated heterocycles. The summed E-state index contributed by atoms with van der Waals surface area (Å²) in [4.78, 5) is 4.27. The number of aromatic nitrogens is 3. The molecule has 0 fully saturated rings. The summed E-state index contributed by atoms with van der Waals surface area (Å²) in [5.74, 6) is 2.19. The summed E-state index contributed by atoms with van der Waals surface area (Å²) in [6, 6.07) is 12.6. The number of H-pyrrole nitrogens is 1. The zero-order chi connectivity index (χ0) is 19.4. The van der Waals surface area contributed by atoms with E-state index >= 15 is 0 Å². The van der Waals surface area contributed by atoms with Crippen LogP contribution in [0, 0.1) is 11.3 Å². The molecule has 0 bridgehead atoms. The number of nitriles is 1. The number of nitrogens with two attached hydrogens (primary N) is 1. The lowest BCUT2D eigenvalue weighted by atomic mass is 10.2. The van der Waals surface area contributed by atoms with Crippen LogP contribution in [0.25, 0.3) is 5.69 Å². The van der Waals surface area contributed by atoms with Crippen molar-refractivity contribution >= 4 is 17.6 Å². The van der Waals surface area contributed by atoms with Gasteiger partial charge >= 0.3 is 11.9 Å². The van der Waals surface area contributed by atoms with Crippen molar-refractivity contribution in [2.24, 2.45) is 0 Å². The van der Waals surface area contributed by atoms with Crippen molar-refractivity contribution in [3.05, 3.63) is 42.0 Å². The predicted octanol–water partition coefficient (Wildman–Crippen LogP) is 1.91. The van der Waals surface area contributed by atoms with Crippen molar-refractivity contribution in [3.8, 4) is 29.0 Å². The molecule has 0 spiro atoms. The van der Waals surface area contributed by atoms with Gasteiger partial charge in [-0.05, 0) is 29.2 Å². The van der Waals surface area contributed by atoms with E-state index in [-0.39, 0.29) is 5.95 Å². The van der Waals surface area contributed by atoms with Crippen LogP contribution >= 0.6 is 0 Å². The monoisotopic (exact) mass is 367 g/mol. The molecule has 0 aliphatic rings. The maximum atomic E-state index is 8.95. The minimum atomic E-state index is 0.231. The number of aromatic amines is 1. The highest BCUT2D eigenvalue weighted by atomic mass is 16.5. The van der Waals surface area contributed by atoms with Gasteiger partial charge in [0.25, 0.3) is 0 Å². The Morgan fingerprint density at radius 3 is 2.22 bits per heavy atom. The van der Waals surface area contributed by atoms with E-state index in [4.69, 9.17) is 25.2 Å². The van der Waals surface area contributed by atoms with Crippen molar-refractivity contribution < 1.29 is 18.9 Å². The molecule has 3 aromatic rings. The van der Waals surface area contributed by atoms with E-state index in [9.17, 15) is 0 Å². The van der Waals surface area contributed by atoms with Gasteiger partial charge in [-0.25, -0.2) is 5.32 Å². The first kappa shape index (κ1) is 17.9. The highest BCUT2D eigenvalue weighted by Crippen LogP contribution is 2.40. The largest absolute Gasteiger partial charge is 0.493 e. The number of anilines is 3. The molecular formula is C18H19N6O3+. The maximum Gasteiger partial charge on any atom is 0.423 e. The first-order valence-corrected chi connectivity index (χ1v) is 7.94. The van der Waals surface area contributed by atoms with Gasteiger partial charge in [0.1, 0.15) is 11.4 Å². The summed E-state index contributed by atoms with van der Waals surface area (Å²) in [6.07, 6.45) is 0. The second-order valence-corrected chi connectivity index (χ2v) is 5.47. The van der Waals surface area contributed by atoms with Crippen molar-refractivity contribution in [1.82, 2.24) is 10.1 Å². The third kappa shape index (κ3) is 3.55. The number of hydrogen-bond donors (Lipinski definition) is 3. The number of benzene rings is 2. The van der Waals surface area contributed by atoms with E-state index < -0.39 is 0 Å². The summed E-state index contributed by atoms with van der Waals surface area (Å²) in [7, 11) is 4.63. The van der Waals surface area contributed by atoms with Crippen molar-refractivity contribution in [2.75, 3.05) is 32.4 Å². The Labute approximate surface area is 155 Å². The number of rotatable bonds is 6. The Balaban J connectivity index is 2.00. The number of hydrogen-bond acceptors (Lipinski definition) is 7. The first-order valence-electron chi connectivity index (χ1n) is 7.94. The van der Waals surface area contributed by atoms with E-state index in [1.165, 1.54) is 0 Å². The third-order valence-corrected chi connectivity index (χ3v) is 3.84. The maximum absolute atomic E-state index is 8.95. The fourth-order valence-electron chi connectivity index (χ4n) is 2.59. The van der Waals surface area contributed by atoms with Gasteiger partial charge in [0.2, 0.25) is 5.75 Å². The summed E-state index contributed by atoms with van der Waals surface area (Å²) in [5.41, 5.74) is 7.82. The van der Waals surface area contributed by atoms with E-state index in [2.05, 4.69) is 21.5 Å². The minimum absolute atomic E-state index is 0.231. The van der Waals surface area contributed by atoms with Crippen LogP contribution in [0.3, 0.4) is 0 Å². The zero-order valence-corrected chi connectivity index (χ0v) is 15.1. The van der Waals surface area contributed by atoms with E-state index in [0.29, 0.717) is 34.4 Å². The van der Waals surface area contributed by atoms with Gasteiger partial charge in [0.05, 0.1) is 33.0 Å². The summed E-state index contributed by atoms with van der Waals surface area (Å²) >= 11 is 0. The average Bonchev–Trinajstić information content (AvgIpc) is 3.07. The van der Waals surface area contributed by atoms with Gasteiger partial charge < -0.3 is 19.9 Å². The average molecular weight is 367 g/mol. The smallest absolute Gasteiger partial charge is 0.423 e. The molecule has 0 aliphatic carbocycles. The lowest BCUT2D eigenvalue weighted by molar-refractivity contribution is -0.641. The normalized spacial score (nSPS) is 10.1. The molecule has 0 aliphatic heterocycles. The van der Waals surface area contributed by atoms with Crippen LogP contribution in [0.5, 0.6) is 17.2 Å². The molecule has 138 valence electrons. The van der Waals surface area contributed by atoms with Gasteiger partial charge in [-0.3, -0.25) is 0 Å². The van der Waals surface area contributed by atoms with Crippen LogP contribution < -0.4 is 29.9 Å². The summed E-state index contributed by atoms with van der Waals surface area (Å²) in [6.45, 7) is 0. The zero-order valence-electron chi connectivity index (χ0n) is 15.1. The van der Waals surface area contributed by atoms with Gasteiger partial charge in [-0.2, -0.15) is 10.4 Å². The SMILES string of the molecule is COc1cc(Nc2nc(N)[nH][n+]2-c2ccc(C#N)cc2)cc(OC)c1OC. The molecule has 2 aromatic carbocycles. The fourth-order valence-corrected chi connectivity index (χ4v) is 2.59. The lowest BCUT2D eigenvalue weighted by Crippen LogP contribution is -2.35. The van der Waals surface area contributed by atoms with Crippen LogP contribution in [0.1, 0.15) is 5.56 Å². The molecule has 1 heterocycles. The van der Waals surface area contributed by atoms with Crippen molar-refractivity contribution in [2.45, 2.75) is 0 Å². The Morgan fingerprint density at radius 1 is 1.07 bits per heavy atom. The highest BCUT2D eigenvalue weighted by Gasteiger charge is 2.21. The van der Waals surface area contributed by atoms with Crippen molar-refractivity contribution in [3.63, 3.8) is 0 Å². The second kappa shape index (κ2) is 7.53. The standard InChI is InChI=1S/C18H18N6O3/c1-25-14-8-12(9-15(26-2)16(14)27-3)21-18-22-17(20)23-24(18)13-6-4-11(10-19)5-7-13/h4-9H,1-3H3,(H3,20,21,22,23)/p+1. The van der Waals surface area contributed by atoms with Gasteiger partial charge in [0, 0.05) is 12.1 Å². The van der Waals surface area contributed by atoms with Gasteiger partial charge in [-0.15, -0.1) is 4.68 Å². The molecule has 0 amide bonds. The second-order valence-electron chi connectivity index (χ2n) is 5.47. The molecule has 9 nitrogen and oxygen atoms in total. The van der Waals surface area contributed by atoms with Crippen molar-refractivity contribution in [1.29, 1.82) is 5.26 Å². The van der Waals surface area contributed by atoms with Crippen LogP contribution in [-0.4, -0.2) is 31.4 Å². The Hall–Kier alpha value is -3.93. The van der Waals surface area contributed by atoms with E-state index in [1.54, 1.807) is 62.4 Å². The van der Waals surface area contributed by atoms with Crippen LogP contribution in [0.15, 0.2) is 36.4 Å².